The Labute approximate surface area is 212 Å². The van der Waals surface area contributed by atoms with Crippen molar-refractivity contribution in [2.24, 2.45) is 5.73 Å². The second kappa shape index (κ2) is 11.3. The summed E-state index contributed by atoms with van der Waals surface area (Å²) in [5.41, 5.74) is 5.90. The van der Waals surface area contributed by atoms with Crippen LogP contribution < -0.4 is 11.1 Å². The predicted octanol–water partition coefficient (Wildman–Crippen LogP) is 2.23. The number of carbonyl (C=O) groups excluding carboxylic acids is 1. The highest BCUT2D eigenvalue weighted by atomic mass is 32.2. The van der Waals surface area contributed by atoms with Crippen LogP contribution in [0.15, 0.2) is 65.6 Å². The first-order valence-electron chi connectivity index (χ1n) is 11.3. The fourth-order valence-corrected chi connectivity index (χ4v) is 5.16. The zero-order valence-electron chi connectivity index (χ0n) is 19.8. The first-order chi connectivity index (χ1) is 16.7. The van der Waals surface area contributed by atoms with Crippen LogP contribution in [-0.4, -0.2) is 52.1 Å². The number of rotatable bonds is 9. The molecule has 0 aliphatic carbocycles. The third-order valence-electron chi connectivity index (χ3n) is 5.73. The third kappa shape index (κ3) is 6.16. The summed E-state index contributed by atoms with van der Waals surface area (Å²) in [6.07, 6.45) is 0. The van der Waals surface area contributed by atoms with Gasteiger partial charge in [-0.3, -0.25) is 4.79 Å². The van der Waals surface area contributed by atoms with Gasteiger partial charge in [-0.15, -0.1) is 10.2 Å². The zero-order valence-corrected chi connectivity index (χ0v) is 20.6. The summed E-state index contributed by atoms with van der Waals surface area (Å²) in [7, 11) is -3.66. The van der Waals surface area contributed by atoms with Gasteiger partial charge in [0.25, 0.3) is 0 Å². The largest absolute Gasteiger partial charge is 0.374 e. The topological polar surface area (TPSA) is 132 Å². The first kappa shape index (κ1) is 27.5. The van der Waals surface area contributed by atoms with E-state index in [9.17, 15) is 13.2 Å². The van der Waals surface area contributed by atoms with E-state index in [1.54, 1.807) is 44.2 Å². The molecule has 0 unspecified atom stereocenters. The number of hydrogen-bond acceptors (Lipinski definition) is 7. The molecular weight excluding hydrogens is 480 g/mol. The Morgan fingerprint density at radius 1 is 1.08 bits per heavy atom. The van der Waals surface area contributed by atoms with Crippen molar-refractivity contribution >= 4 is 15.9 Å². The minimum absolute atomic E-state index is 0. The molecule has 0 saturated heterocycles. The molecule has 3 N–H and O–H groups in total. The highest BCUT2D eigenvalue weighted by molar-refractivity contribution is 7.89. The lowest BCUT2D eigenvalue weighted by Crippen LogP contribution is -2.51. The van der Waals surface area contributed by atoms with Crippen LogP contribution in [0, 0.1) is 0 Å². The number of carbonyl (C=O) groups is 1. The van der Waals surface area contributed by atoms with E-state index in [0.29, 0.717) is 24.8 Å². The number of nitrogens with one attached hydrogen (secondary N) is 1. The first-order valence-corrected chi connectivity index (χ1v) is 12.8. The molecule has 2 heterocycles. The molecule has 2 aromatic carbocycles. The van der Waals surface area contributed by atoms with Crippen LogP contribution in [0.2, 0.25) is 0 Å². The van der Waals surface area contributed by atoms with Crippen molar-refractivity contribution < 1.29 is 17.9 Å². The lowest BCUT2D eigenvalue weighted by Gasteiger charge is -2.29. The van der Waals surface area contributed by atoms with Crippen LogP contribution in [0.4, 0.5) is 0 Å². The van der Waals surface area contributed by atoms with Crippen molar-refractivity contribution in [2.45, 2.75) is 57.4 Å². The fourth-order valence-electron chi connectivity index (χ4n) is 3.76. The minimum Gasteiger partial charge on any atom is -0.374 e. The molecule has 11 heteroatoms. The monoisotopic (exact) mass is 514 g/mol. The van der Waals surface area contributed by atoms with Gasteiger partial charge < -0.3 is 20.4 Å². The molecule has 1 aliphatic rings. The molecule has 0 saturated carbocycles. The molecule has 36 heavy (non-hydrogen) atoms. The van der Waals surface area contributed by atoms with Gasteiger partial charge in [-0.05, 0) is 31.5 Å². The quantitative estimate of drug-likeness (QED) is 0.447. The summed E-state index contributed by atoms with van der Waals surface area (Å²) in [6.45, 7) is 4.44. The van der Waals surface area contributed by atoms with Gasteiger partial charge in [-0.2, -0.15) is 4.31 Å². The lowest BCUT2D eigenvalue weighted by molar-refractivity contribution is -0.126. The normalized spacial score (nSPS) is 15.0. The predicted molar refractivity (Wildman–Crippen MR) is 136 cm³/mol. The van der Waals surface area contributed by atoms with Crippen molar-refractivity contribution in [2.75, 3.05) is 13.2 Å². The number of ether oxygens (including phenoxy) is 1. The summed E-state index contributed by atoms with van der Waals surface area (Å²) in [4.78, 5) is 12.9. The number of benzene rings is 2. The Kier molecular flexibility index (Phi) is 8.62. The second-order valence-corrected chi connectivity index (χ2v) is 11.0. The number of amides is 1. The van der Waals surface area contributed by atoms with Crippen molar-refractivity contribution in [1.29, 1.82) is 0 Å². The van der Waals surface area contributed by atoms with Gasteiger partial charge in [-0.1, -0.05) is 56.0 Å². The molecule has 10 nitrogen and oxygen atoms in total. The summed E-state index contributed by atoms with van der Waals surface area (Å²) in [5, 5.41) is 11.5. The maximum absolute atomic E-state index is 13.0. The maximum Gasteiger partial charge on any atom is 0.243 e. The van der Waals surface area contributed by atoms with E-state index < -0.39 is 21.6 Å². The molecule has 1 amide bonds. The van der Waals surface area contributed by atoms with Crippen molar-refractivity contribution in [1.82, 2.24) is 24.4 Å². The fraction of sp³-hybridized carbons (Fsp3) is 0.400. The second-order valence-electron chi connectivity index (χ2n) is 9.03. The Balaban J connectivity index is 0.00000361. The van der Waals surface area contributed by atoms with Gasteiger partial charge in [-0.25, -0.2) is 8.42 Å². The Morgan fingerprint density at radius 2 is 1.72 bits per heavy atom. The Morgan fingerprint density at radius 3 is 2.36 bits per heavy atom. The van der Waals surface area contributed by atoms with Crippen molar-refractivity contribution in [3.05, 3.63) is 77.9 Å². The van der Waals surface area contributed by atoms with E-state index in [2.05, 4.69) is 15.5 Å². The maximum atomic E-state index is 13.0. The molecule has 3 aromatic rings. The smallest absolute Gasteiger partial charge is 0.243 e. The van der Waals surface area contributed by atoms with E-state index >= 15 is 0 Å². The lowest BCUT2D eigenvalue weighted by atomic mass is 10.1. The Hall–Kier alpha value is -3.12. The highest BCUT2D eigenvalue weighted by Gasteiger charge is 2.34. The summed E-state index contributed by atoms with van der Waals surface area (Å²) < 4.78 is 35.2. The molecule has 194 valence electrons. The average Bonchev–Trinajstić information content (AvgIpc) is 3.27. The number of aromatic nitrogens is 3. The van der Waals surface area contributed by atoms with Crippen molar-refractivity contribution in [3.63, 3.8) is 0 Å². The van der Waals surface area contributed by atoms with Crippen LogP contribution in [0.5, 0.6) is 0 Å². The average molecular weight is 515 g/mol. The number of hydrogen-bond donors (Lipinski definition) is 2. The van der Waals surface area contributed by atoms with E-state index in [1.165, 1.54) is 4.31 Å². The van der Waals surface area contributed by atoms with Gasteiger partial charge in [0.2, 0.25) is 15.9 Å². The zero-order chi connectivity index (χ0) is 25.1. The van der Waals surface area contributed by atoms with Gasteiger partial charge in [0, 0.05) is 13.1 Å². The van der Waals surface area contributed by atoms with E-state index in [1.807, 2.05) is 34.9 Å². The van der Waals surface area contributed by atoms with E-state index in [-0.39, 0.29) is 37.9 Å². The van der Waals surface area contributed by atoms with E-state index in [0.717, 1.165) is 5.56 Å². The van der Waals surface area contributed by atoms with Gasteiger partial charge in [0.15, 0.2) is 5.82 Å². The van der Waals surface area contributed by atoms with Gasteiger partial charge in [0.1, 0.15) is 11.9 Å². The Bertz CT molecular complexity index is 1260. The van der Waals surface area contributed by atoms with Crippen LogP contribution in [0.3, 0.4) is 0 Å². The molecule has 1 aliphatic heterocycles. The molecule has 0 radical (unpaired) electrons. The van der Waals surface area contributed by atoms with Gasteiger partial charge in [0.05, 0.1) is 30.2 Å². The molecule has 1 aromatic heterocycles. The van der Waals surface area contributed by atoms with Gasteiger partial charge >= 0.3 is 0 Å². The molecule has 0 fully saturated rings. The highest BCUT2D eigenvalue weighted by Crippen LogP contribution is 2.24. The SMILES string of the molecule is C.CC(C)(N)C(=O)N[C@H](COCc1ccccc1)c1nnc2n1CCN(S(=O)(=O)c1ccccc1)C2. The number of nitrogens with two attached hydrogens (primary N) is 1. The number of nitrogens with zero attached hydrogens (tertiary/aromatic N) is 4. The van der Waals surface area contributed by atoms with E-state index in [4.69, 9.17) is 10.5 Å². The van der Waals surface area contributed by atoms with Crippen molar-refractivity contribution in [3.8, 4) is 0 Å². The molecule has 1 atom stereocenters. The molecular formula is C25H34N6O4S. The minimum atomic E-state index is -3.66. The number of sulfonamides is 1. The van der Waals surface area contributed by atoms with Crippen LogP contribution in [-0.2, 0) is 39.3 Å². The standard InChI is InChI=1S/C24H30N6O4S.CH4/c1-24(2,25)23(31)26-20(17-34-16-18-9-5-3-6-10-18)22-28-27-21-15-29(13-14-30(21)22)35(32,33)19-11-7-4-8-12-19;/h3-12,20H,13-17,25H2,1-2H3,(H,26,31);1H4/t20-;/m1./s1. The third-order valence-corrected chi connectivity index (χ3v) is 7.59. The molecule has 0 bridgehead atoms. The molecule has 4 rings (SSSR count). The van der Waals surface area contributed by atoms with Crippen LogP contribution in [0.1, 0.15) is 44.5 Å². The summed E-state index contributed by atoms with van der Waals surface area (Å²) >= 11 is 0. The van der Waals surface area contributed by atoms with Crippen LogP contribution >= 0.6 is 0 Å². The molecule has 0 spiro atoms. The van der Waals surface area contributed by atoms with Crippen LogP contribution in [0.25, 0.3) is 0 Å². The number of fused-ring (bicyclic) bond motifs is 1. The summed E-state index contributed by atoms with van der Waals surface area (Å²) in [6, 6.07) is 17.4. The summed E-state index contributed by atoms with van der Waals surface area (Å²) in [5.74, 6) is 0.648.